The molecule has 1 aromatic carbocycles. The van der Waals surface area contributed by atoms with Crippen LogP contribution in [0.25, 0.3) is 0 Å². The molecule has 0 radical (unpaired) electrons. The fourth-order valence-electron chi connectivity index (χ4n) is 2.58. The number of morpholine rings is 1. The van der Waals surface area contributed by atoms with Gasteiger partial charge in [0.2, 0.25) is 0 Å². The molecule has 0 aromatic heterocycles. The smallest absolute Gasteiger partial charge is 0.0622 e. The zero-order chi connectivity index (χ0) is 12.8. The van der Waals surface area contributed by atoms with Crippen molar-refractivity contribution in [3.05, 3.63) is 35.9 Å². The highest BCUT2D eigenvalue weighted by Crippen LogP contribution is 2.21. The van der Waals surface area contributed by atoms with Crippen LogP contribution >= 0.6 is 12.6 Å². The number of hydrogen-bond donors (Lipinski definition) is 1. The lowest BCUT2D eigenvalue weighted by molar-refractivity contribution is -0.0104. The summed E-state index contributed by atoms with van der Waals surface area (Å²) in [4.78, 5) is 2.57. The van der Waals surface area contributed by atoms with Gasteiger partial charge in [-0.15, -0.1) is 0 Å². The van der Waals surface area contributed by atoms with Gasteiger partial charge < -0.3 is 4.74 Å². The Balaban J connectivity index is 2.01. The number of hydrogen-bond acceptors (Lipinski definition) is 3. The van der Waals surface area contributed by atoms with Crippen molar-refractivity contribution in [1.82, 2.24) is 4.90 Å². The van der Waals surface area contributed by atoms with Crippen molar-refractivity contribution in [1.29, 1.82) is 0 Å². The van der Waals surface area contributed by atoms with Crippen LogP contribution in [0.3, 0.4) is 0 Å². The molecule has 2 nitrogen and oxygen atoms in total. The van der Waals surface area contributed by atoms with E-state index in [0.29, 0.717) is 12.0 Å². The average molecular weight is 265 g/mol. The molecular weight excluding hydrogens is 242 g/mol. The largest absolute Gasteiger partial charge is 0.378 e. The number of nitrogens with zero attached hydrogens (tertiary/aromatic N) is 1. The van der Waals surface area contributed by atoms with E-state index in [-0.39, 0.29) is 0 Å². The van der Waals surface area contributed by atoms with Crippen LogP contribution in [0, 0.1) is 0 Å². The SMILES string of the molecule is CCC1COCCN1CC(CS)c1ccccc1. The first-order valence-electron chi connectivity index (χ1n) is 6.82. The number of benzene rings is 1. The fourth-order valence-corrected chi connectivity index (χ4v) is 2.91. The van der Waals surface area contributed by atoms with Crippen molar-refractivity contribution in [2.24, 2.45) is 0 Å². The summed E-state index contributed by atoms with van der Waals surface area (Å²) in [7, 11) is 0. The van der Waals surface area contributed by atoms with Crippen LogP contribution in [0.2, 0.25) is 0 Å². The van der Waals surface area contributed by atoms with Gasteiger partial charge in [0.25, 0.3) is 0 Å². The van der Waals surface area contributed by atoms with E-state index >= 15 is 0 Å². The van der Waals surface area contributed by atoms with Crippen molar-refractivity contribution in [3.8, 4) is 0 Å². The molecule has 0 spiro atoms. The molecule has 1 aromatic rings. The van der Waals surface area contributed by atoms with Crippen LogP contribution in [0.5, 0.6) is 0 Å². The minimum Gasteiger partial charge on any atom is -0.378 e. The predicted molar refractivity (Wildman–Crippen MR) is 79.5 cm³/mol. The molecule has 2 atom stereocenters. The standard InChI is InChI=1S/C15H23NOS/c1-2-15-11-17-9-8-16(15)10-14(12-18)13-6-4-3-5-7-13/h3-7,14-15,18H,2,8-12H2,1H3. The van der Waals surface area contributed by atoms with Gasteiger partial charge in [-0.2, -0.15) is 12.6 Å². The minimum atomic E-state index is 0.515. The van der Waals surface area contributed by atoms with E-state index in [9.17, 15) is 0 Å². The van der Waals surface area contributed by atoms with Crippen LogP contribution in [0.1, 0.15) is 24.8 Å². The average Bonchev–Trinajstić information content (AvgIpc) is 2.46. The molecule has 1 aliphatic heterocycles. The first kappa shape index (κ1) is 13.9. The summed E-state index contributed by atoms with van der Waals surface area (Å²) < 4.78 is 5.56. The second-order valence-corrected chi connectivity index (χ2v) is 5.29. The molecule has 3 heteroatoms. The lowest BCUT2D eigenvalue weighted by atomic mass is 9.99. The van der Waals surface area contributed by atoms with Crippen LogP contribution < -0.4 is 0 Å². The monoisotopic (exact) mass is 265 g/mol. The Morgan fingerprint density at radius 1 is 1.39 bits per heavy atom. The third-order valence-electron chi connectivity index (χ3n) is 3.77. The highest BCUT2D eigenvalue weighted by atomic mass is 32.1. The molecule has 0 aliphatic carbocycles. The molecule has 1 saturated heterocycles. The lowest BCUT2D eigenvalue weighted by Gasteiger charge is -2.37. The van der Waals surface area contributed by atoms with E-state index in [2.05, 4.69) is 54.8 Å². The summed E-state index contributed by atoms with van der Waals surface area (Å²) >= 11 is 4.53. The van der Waals surface area contributed by atoms with Crippen molar-refractivity contribution in [3.63, 3.8) is 0 Å². The van der Waals surface area contributed by atoms with Gasteiger partial charge in [-0.3, -0.25) is 4.90 Å². The van der Waals surface area contributed by atoms with Gasteiger partial charge in [-0.1, -0.05) is 37.3 Å². The Morgan fingerprint density at radius 2 is 2.17 bits per heavy atom. The molecule has 1 aliphatic rings. The maximum absolute atomic E-state index is 5.56. The molecular formula is C15H23NOS. The van der Waals surface area contributed by atoms with Crippen molar-refractivity contribution in [2.75, 3.05) is 32.1 Å². The molecule has 0 N–H and O–H groups in total. The first-order chi connectivity index (χ1) is 8.85. The Bertz CT molecular complexity index is 344. The van der Waals surface area contributed by atoms with E-state index in [1.54, 1.807) is 0 Å². The Hall–Kier alpha value is -0.510. The van der Waals surface area contributed by atoms with Gasteiger partial charge in [0.1, 0.15) is 0 Å². The maximum atomic E-state index is 5.56. The maximum Gasteiger partial charge on any atom is 0.0622 e. The third-order valence-corrected chi connectivity index (χ3v) is 4.21. The second-order valence-electron chi connectivity index (χ2n) is 4.92. The highest BCUT2D eigenvalue weighted by molar-refractivity contribution is 7.80. The normalized spacial score (nSPS) is 22.9. The van der Waals surface area contributed by atoms with Crippen LogP contribution in [-0.2, 0) is 4.74 Å². The summed E-state index contributed by atoms with van der Waals surface area (Å²) in [6.45, 7) is 6.13. The van der Waals surface area contributed by atoms with E-state index in [1.165, 1.54) is 5.56 Å². The Kier molecular flexibility index (Phi) is 5.54. The van der Waals surface area contributed by atoms with Crippen LogP contribution in [-0.4, -0.2) is 43.0 Å². The van der Waals surface area contributed by atoms with E-state index in [1.807, 2.05) is 0 Å². The second kappa shape index (κ2) is 7.17. The summed E-state index contributed by atoms with van der Waals surface area (Å²) in [6.07, 6.45) is 1.16. The molecule has 1 heterocycles. The summed E-state index contributed by atoms with van der Waals surface area (Å²) in [5.74, 6) is 1.42. The van der Waals surface area contributed by atoms with Crippen LogP contribution in [0.4, 0.5) is 0 Å². The molecule has 0 amide bonds. The van der Waals surface area contributed by atoms with Gasteiger partial charge in [0.15, 0.2) is 0 Å². The Morgan fingerprint density at radius 3 is 2.83 bits per heavy atom. The summed E-state index contributed by atoms with van der Waals surface area (Å²) in [6, 6.07) is 11.3. The van der Waals surface area contributed by atoms with E-state index < -0.39 is 0 Å². The summed E-state index contributed by atoms with van der Waals surface area (Å²) in [5.41, 5.74) is 1.40. The van der Waals surface area contributed by atoms with Gasteiger partial charge in [0, 0.05) is 25.0 Å². The molecule has 2 rings (SSSR count). The number of thiol groups is 1. The lowest BCUT2D eigenvalue weighted by Crippen LogP contribution is -2.46. The molecule has 18 heavy (non-hydrogen) atoms. The fraction of sp³-hybridized carbons (Fsp3) is 0.600. The molecule has 2 unspecified atom stereocenters. The number of rotatable bonds is 5. The minimum absolute atomic E-state index is 0.515. The van der Waals surface area contributed by atoms with Crippen molar-refractivity contribution >= 4 is 12.6 Å². The topological polar surface area (TPSA) is 12.5 Å². The molecule has 1 fully saturated rings. The first-order valence-corrected chi connectivity index (χ1v) is 7.46. The molecule has 100 valence electrons. The Labute approximate surface area is 116 Å². The van der Waals surface area contributed by atoms with E-state index in [4.69, 9.17) is 4.74 Å². The zero-order valence-electron chi connectivity index (χ0n) is 11.1. The molecule has 0 bridgehead atoms. The number of ether oxygens (including phenoxy) is 1. The summed E-state index contributed by atoms with van der Waals surface area (Å²) in [5, 5.41) is 0. The highest BCUT2D eigenvalue weighted by Gasteiger charge is 2.24. The quantitative estimate of drug-likeness (QED) is 0.822. The van der Waals surface area contributed by atoms with Crippen molar-refractivity contribution < 1.29 is 4.74 Å². The van der Waals surface area contributed by atoms with Gasteiger partial charge in [-0.05, 0) is 17.7 Å². The van der Waals surface area contributed by atoms with Crippen LogP contribution in [0.15, 0.2) is 30.3 Å². The molecule has 0 saturated carbocycles. The van der Waals surface area contributed by atoms with Gasteiger partial charge >= 0.3 is 0 Å². The van der Waals surface area contributed by atoms with Gasteiger partial charge in [0.05, 0.1) is 13.2 Å². The predicted octanol–water partition coefficient (Wildman–Crippen LogP) is 2.81. The van der Waals surface area contributed by atoms with E-state index in [0.717, 1.165) is 38.5 Å². The third kappa shape index (κ3) is 3.50. The zero-order valence-corrected chi connectivity index (χ0v) is 12.0. The van der Waals surface area contributed by atoms with Crippen molar-refractivity contribution in [2.45, 2.75) is 25.3 Å². The van der Waals surface area contributed by atoms with Gasteiger partial charge in [-0.25, -0.2) is 0 Å².